The number of aliphatic hydroxyl groups excluding tert-OH is 3. The molecule has 0 spiro atoms. The van der Waals surface area contributed by atoms with Crippen LogP contribution in [0.4, 0.5) is 5.82 Å². The fourth-order valence-corrected chi connectivity index (χ4v) is 3.30. The summed E-state index contributed by atoms with van der Waals surface area (Å²) >= 11 is 1.33. The summed E-state index contributed by atoms with van der Waals surface area (Å²) in [4.78, 5) is 8.71. The van der Waals surface area contributed by atoms with Gasteiger partial charge in [-0.2, -0.15) is 0 Å². The fourth-order valence-electron chi connectivity index (χ4n) is 2.22. The Morgan fingerprint density at radius 3 is 2.79 bits per heavy atom. The van der Waals surface area contributed by atoms with Gasteiger partial charge < -0.3 is 25.8 Å². The molecule has 0 saturated carbocycles. The lowest BCUT2D eigenvalue weighted by molar-refractivity contribution is -0.0214. The molecule has 3 heterocycles. The van der Waals surface area contributed by atoms with Crippen molar-refractivity contribution < 1.29 is 20.1 Å². The molecule has 5 N–H and O–H groups in total. The SMILES string of the molecule is Nc1ncnc2c([C@H]3O[C@@H](CO)[C@@H](O)[C@H]3O)scc12. The van der Waals surface area contributed by atoms with Crippen LogP contribution in [0.3, 0.4) is 0 Å². The van der Waals surface area contributed by atoms with E-state index in [9.17, 15) is 10.2 Å². The van der Waals surface area contributed by atoms with Crippen LogP contribution in [0.15, 0.2) is 11.7 Å². The van der Waals surface area contributed by atoms with Crippen LogP contribution in [0.25, 0.3) is 10.9 Å². The van der Waals surface area contributed by atoms with Crippen LogP contribution in [0.5, 0.6) is 0 Å². The number of fused-ring (bicyclic) bond motifs is 1. The largest absolute Gasteiger partial charge is 0.394 e. The molecule has 0 aliphatic carbocycles. The maximum absolute atomic E-state index is 10.0. The summed E-state index contributed by atoms with van der Waals surface area (Å²) in [5.41, 5.74) is 6.35. The molecule has 19 heavy (non-hydrogen) atoms. The number of ether oxygens (including phenoxy) is 1. The minimum atomic E-state index is -1.12. The van der Waals surface area contributed by atoms with E-state index in [4.69, 9.17) is 15.6 Å². The topological polar surface area (TPSA) is 122 Å². The molecule has 0 amide bonds. The van der Waals surface area contributed by atoms with Crippen molar-refractivity contribution in [2.45, 2.75) is 24.4 Å². The number of nitrogens with zero attached hydrogens (tertiary/aromatic N) is 2. The van der Waals surface area contributed by atoms with Crippen LogP contribution < -0.4 is 5.73 Å². The molecule has 102 valence electrons. The molecular weight excluding hydrogens is 270 g/mol. The maximum Gasteiger partial charge on any atom is 0.135 e. The second-order valence-corrected chi connectivity index (χ2v) is 5.29. The molecule has 1 aliphatic heterocycles. The molecule has 2 aromatic heterocycles. The second kappa shape index (κ2) is 4.66. The van der Waals surface area contributed by atoms with Gasteiger partial charge in [0.15, 0.2) is 0 Å². The summed E-state index contributed by atoms with van der Waals surface area (Å²) in [5, 5.41) is 31.3. The van der Waals surface area contributed by atoms with E-state index < -0.39 is 24.4 Å². The summed E-state index contributed by atoms with van der Waals surface area (Å²) in [6.07, 6.45) is -2.39. The minimum absolute atomic E-state index is 0.352. The van der Waals surface area contributed by atoms with Crippen molar-refractivity contribution in [2.24, 2.45) is 0 Å². The van der Waals surface area contributed by atoms with Gasteiger partial charge in [0.2, 0.25) is 0 Å². The quantitative estimate of drug-likeness (QED) is 0.582. The number of aliphatic hydroxyl groups is 3. The number of hydrogen-bond donors (Lipinski definition) is 4. The first-order chi connectivity index (χ1) is 9.13. The van der Waals surface area contributed by atoms with Gasteiger partial charge in [0.1, 0.15) is 36.6 Å². The van der Waals surface area contributed by atoms with Gasteiger partial charge in [-0.05, 0) is 0 Å². The fraction of sp³-hybridized carbons (Fsp3) is 0.455. The van der Waals surface area contributed by atoms with E-state index >= 15 is 0 Å². The Morgan fingerprint density at radius 2 is 2.11 bits per heavy atom. The van der Waals surface area contributed by atoms with Gasteiger partial charge in [-0.1, -0.05) is 0 Å². The first-order valence-corrected chi connectivity index (χ1v) is 6.61. The molecule has 1 fully saturated rings. The predicted molar refractivity (Wildman–Crippen MR) is 68.5 cm³/mol. The molecule has 1 aliphatic rings. The number of anilines is 1. The molecule has 4 atom stereocenters. The molecule has 0 bridgehead atoms. The highest BCUT2D eigenvalue weighted by Crippen LogP contribution is 2.40. The number of hydrogen-bond acceptors (Lipinski definition) is 8. The lowest BCUT2D eigenvalue weighted by Gasteiger charge is -2.13. The van der Waals surface area contributed by atoms with Crippen LogP contribution >= 0.6 is 11.3 Å². The van der Waals surface area contributed by atoms with E-state index in [1.807, 2.05) is 0 Å². The highest BCUT2D eigenvalue weighted by molar-refractivity contribution is 7.11. The van der Waals surface area contributed by atoms with Gasteiger partial charge in [-0.15, -0.1) is 11.3 Å². The molecule has 2 aromatic rings. The molecular formula is C11H13N3O4S. The average molecular weight is 283 g/mol. The summed E-state index contributed by atoms with van der Waals surface area (Å²) < 4.78 is 5.49. The van der Waals surface area contributed by atoms with Crippen LogP contribution in [0, 0.1) is 0 Å². The van der Waals surface area contributed by atoms with Gasteiger partial charge in [0.25, 0.3) is 0 Å². The standard InChI is InChI=1S/C11H13N3O4S/c12-11-4-2-19-10(6(4)13-3-14-11)9-8(17)7(16)5(1-15)18-9/h2-3,5,7-9,15-17H,1H2,(H2,12,13,14)/t5-,7+,8+,9-/m0/s1. The van der Waals surface area contributed by atoms with Crippen molar-refractivity contribution >= 4 is 28.1 Å². The van der Waals surface area contributed by atoms with Gasteiger partial charge in [0, 0.05) is 5.38 Å². The van der Waals surface area contributed by atoms with Crippen molar-refractivity contribution in [3.05, 3.63) is 16.6 Å². The Kier molecular flexibility index (Phi) is 3.11. The van der Waals surface area contributed by atoms with Crippen molar-refractivity contribution in [1.29, 1.82) is 0 Å². The first kappa shape index (κ1) is 12.7. The van der Waals surface area contributed by atoms with Crippen molar-refractivity contribution in [2.75, 3.05) is 12.3 Å². The Hall–Kier alpha value is -1.32. The van der Waals surface area contributed by atoms with Gasteiger partial charge >= 0.3 is 0 Å². The van der Waals surface area contributed by atoms with Crippen LogP contribution in [-0.4, -0.2) is 50.2 Å². The average Bonchev–Trinajstić information content (AvgIpc) is 2.94. The zero-order valence-corrected chi connectivity index (χ0v) is 10.6. The van der Waals surface area contributed by atoms with E-state index in [1.165, 1.54) is 17.7 Å². The van der Waals surface area contributed by atoms with E-state index in [0.717, 1.165) is 0 Å². The summed E-state index contributed by atoms with van der Waals surface area (Å²) in [6, 6.07) is 0. The smallest absolute Gasteiger partial charge is 0.135 e. The highest BCUT2D eigenvalue weighted by Gasteiger charge is 2.44. The Morgan fingerprint density at radius 1 is 1.32 bits per heavy atom. The molecule has 3 rings (SSSR count). The Labute approximate surface area is 112 Å². The van der Waals surface area contributed by atoms with Gasteiger partial charge in [-0.3, -0.25) is 0 Å². The van der Waals surface area contributed by atoms with Crippen LogP contribution in [0.2, 0.25) is 0 Å². The zero-order chi connectivity index (χ0) is 13.6. The third kappa shape index (κ3) is 1.88. The normalized spacial score (nSPS) is 31.1. The lowest BCUT2D eigenvalue weighted by Crippen LogP contribution is -2.32. The van der Waals surface area contributed by atoms with Crippen LogP contribution in [-0.2, 0) is 4.74 Å². The third-order valence-corrected chi connectivity index (χ3v) is 4.29. The monoisotopic (exact) mass is 283 g/mol. The zero-order valence-electron chi connectivity index (χ0n) is 9.80. The predicted octanol–water partition coefficient (Wildman–Crippen LogP) is -0.573. The minimum Gasteiger partial charge on any atom is -0.394 e. The van der Waals surface area contributed by atoms with Crippen molar-refractivity contribution in [3.8, 4) is 0 Å². The Balaban J connectivity index is 2.04. The van der Waals surface area contributed by atoms with Gasteiger partial charge in [0.05, 0.1) is 22.4 Å². The molecule has 0 radical (unpaired) electrons. The van der Waals surface area contributed by atoms with Crippen molar-refractivity contribution in [1.82, 2.24) is 9.97 Å². The second-order valence-electron chi connectivity index (χ2n) is 4.38. The summed E-state index contributed by atoms with van der Waals surface area (Å²) in [6.45, 7) is -0.352. The summed E-state index contributed by atoms with van der Waals surface area (Å²) in [5.74, 6) is 0.360. The number of aromatic nitrogens is 2. The summed E-state index contributed by atoms with van der Waals surface area (Å²) in [7, 11) is 0. The molecule has 7 nitrogen and oxygen atoms in total. The third-order valence-electron chi connectivity index (χ3n) is 3.25. The van der Waals surface area contributed by atoms with E-state index in [1.54, 1.807) is 5.38 Å². The van der Waals surface area contributed by atoms with E-state index in [2.05, 4.69) is 9.97 Å². The van der Waals surface area contributed by atoms with Crippen LogP contribution in [0.1, 0.15) is 11.0 Å². The van der Waals surface area contributed by atoms with E-state index in [-0.39, 0.29) is 6.61 Å². The first-order valence-electron chi connectivity index (χ1n) is 5.73. The number of rotatable bonds is 2. The maximum atomic E-state index is 10.0. The molecule has 8 heteroatoms. The highest BCUT2D eigenvalue weighted by atomic mass is 32.1. The van der Waals surface area contributed by atoms with E-state index in [0.29, 0.717) is 21.6 Å². The molecule has 0 unspecified atom stereocenters. The Bertz CT molecular complexity index is 605. The number of nitrogens with two attached hydrogens (primary N) is 1. The number of thiophene rings is 1. The molecule has 0 aromatic carbocycles. The number of nitrogen functional groups attached to an aromatic ring is 1. The van der Waals surface area contributed by atoms with Crippen molar-refractivity contribution in [3.63, 3.8) is 0 Å². The molecule has 1 saturated heterocycles. The lowest BCUT2D eigenvalue weighted by atomic mass is 10.1. The van der Waals surface area contributed by atoms with Gasteiger partial charge in [-0.25, -0.2) is 9.97 Å².